The monoisotopic (exact) mass is 549 g/mol. The molecule has 1 aliphatic carbocycles. The zero-order valence-corrected chi connectivity index (χ0v) is 23.6. The zero-order valence-electron chi connectivity index (χ0n) is 23.6. The molecular weight excluding hydrogens is 510 g/mol. The molecule has 1 amide bonds. The van der Waals surface area contributed by atoms with Crippen LogP contribution in [0.2, 0.25) is 0 Å². The number of benzene rings is 1. The van der Waals surface area contributed by atoms with Gasteiger partial charge < -0.3 is 30.3 Å². The standard InChI is InChI=1S/C29H39N7O4/c1-27(2)28(3)12-13-29(27,40-23(28)39)22(38)31-20-11-10-19(18-21(20)37)30-24-32-25(35-14-6-4-7-15-35)34-26(33-24)36-16-8-5-9-17-36/h10-11,18,37H,4-9,12-17H2,1-3H3,(H,31,38)(H,30,32,33,34). The molecule has 3 saturated heterocycles. The van der Waals surface area contributed by atoms with Crippen LogP contribution in [0, 0.1) is 10.8 Å². The maximum atomic E-state index is 13.5. The number of fused-ring (bicyclic) bond motifs is 2. The van der Waals surface area contributed by atoms with Gasteiger partial charge in [0.25, 0.3) is 5.91 Å². The van der Waals surface area contributed by atoms with Crippen molar-refractivity contribution in [3.05, 3.63) is 18.2 Å². The molecule has 4 fully saturated rings. The molecule has 11 nitrogen and oxygen atoms in total. The van der Waals surface area contributed by atoms with E-state index in [2.05, 4.69) is 20.4 Å². The number of piperidine rings is 2. The number of aromatic nitrogens is 3. The molecule has 0 spiro atoms. The van der Waals surface area contributed by atoms with E-state index in [0.717, 1.165) is 51.9 Å². The number of anilines is 5. The van der Waals surface area contributed by atoms with Crippen LogP contribution < -0.4 is 20.4 Å². The number of rotatable bonds is 6. The minimum atomic E-state index is -1.26. The lowest BCUT2D eigenvalue weighted by molar-refractivity contribution is -0.165. The minimum Gasteiger partial charge on any atom is -0.506 e. The van der Waals surface area contributed by atoms with Crippen molar-refractivity contribution in [2.45, 2.75) is 77.7 Å². The number of nitrogens with one attached hydrogen (secondary N) is 2. The Morgan fingerprint density at radius 1 is 0.900 bits per heavy atom. The number of phenols is 1. The summed E-state index contributed by atoms with van der Waals surface area (Å²) in [5.41, 5.74) is -1.81. The van der Waals surface area contributed by atoms with Gasteiger partial charge in [0.15, 0.2) is 5.60 Å². The summed E-state index contributed by atoms with van der Waals surface area (Å²) in [6, 6.07) is 4.91. The average Bonchev–Trinajstić information content (AvgIpc) is 3.26. The summed E-state index contributed by atoms with van der Waals surface area (Å²) < 4.78 is 5.69. The van der Waals surface area contributed by atoms with Gasteiger partial charge in [-0.05, 0) is 70.4 Å². The highest BCUT2D eigenvalue weighted by molar-refractivity contribution is 6.04. The Bertz CT molecular complexity index is 1290. The lowest BCUT2D eigenvalue weighted by Gasteiger charge is -2.35. The second kappa shape index (κ2) is 9.78. The Morgan fingerprint density at radius 3 is 2.00 bits per heavy atom. The molecule has 4 heterocycles. The Labute approximate surface area is 234 Å². The molecule has 1 aromatic carbocycles. The van der Waals surface area contributed by atoms with Crippen molar-refractivity contribution in [3.8, 4) is 5.75 Å². The van der Waals surface area contributed by atoms with Crippen molar-refractivity contribution in [1.29, 1.82) is 0 Å². The van der Waals surface area contributed by atoms with Crippen LogP contribution in [-0.4, -0.2) is 63.7 Å². The topological polar surface area (TPSA) is 133 Å². The predicted molar refractivity (Wildman–Crippen MR) is 152 cm³/mol. The number of hydrogen-bond acceptors (Lipinski definition) is 10. The normalized spacial score (nSPS) is 27.4. The summed E-state index contributed by atoms with van der Waals surface area (Å²) in [6.07, 6.45) is 7.94. The molecule has 1 aromatic heterocycles. The van der Waals surface area contributed by atoms with E-state index >= 15 is 0 Å². The highest BCUT2D eigenvalue weighted by atomic mass is 16.6. The summed E-state index contributed by atoms with van der Waals surface area (Å²) in [5.74, 6) is 0.880. The predicted octanol–water partition coefficient (Wildman–Crippen LogP) is 4.36. The van der Waals surface area contributed by atoms with Crippen LogP contribution in [0.15, 0.2) is 18.2 Å². The van der Waals surface area contributed by atoms with Gasteiger partial charge in [-0.15, -0.1) is 0 Å². The van der Waals surface area contributed by atoms with E-state index < -0.39 is 22.3 Å². The highest BCUT2D eigenvalue weighted by Crippen LogP contribution is 2.65. The van der Waals surface area contributed by atoms with Gasteiger partial charge in [0.2, 0.25) is 17.8 Å². The Morgan fingerprint density at radius 2 is 1.50 bits per heavy atom. The molecule has 2 aromatic rings. The second-order valence-electron chi connectivity index (χ2n) is 12.3. The third-order valence-corrected chi connectivity index (χ3v) is 9.84. The molecule has 4 aliphatic rings. The van der Waals surface area contributed by atoms with Crippen molar-refractivity contribution in [1.82, 2.24) is 15.0 Å². The first-order valence-corrected chi connectivity index (χ1v) is 14.5. The second-order valence-corrected chi connectivity index (χ2v) is 12.3. The van der Waals surface area contributed by atoms with E-state index in [1.807, 2.05) is 20.8 Å². The number of carbonyl (C=O) groups is 2. The number of carbonyl (C=O) groups excluding carboxylic acids is 2. The number of hydrogen-bond donors (Lipinski definition) is 3. The van der Waals surface area contributed by atoms with E-state index in [-0.39, 0.29) is 17.4 Å². The third kappa shape index (κ3) is 4.21. The summed E-state index contributed by atoms with van der Waals surface area (Å²) >= 11 is 0. The first-order chi connectivity index (χ1) is 19.1. The first-order valence-electron chi connectivity index (χ1n) is 14.5. The molecule has 1 saturated carbocycles. The zero-order chi connectivity index (χ0) is 28.1. The van der Waals surface area contributed by atoms with Gasteiger partial charge in [-0.3, -0.25) is 9.59 Å². The SMILES string of the molecule is CC12CCC(C(=O)Nc3ccc(Nc4nc(N5CCCCC5)nc(N5CCCCC5)n4)cc3O)(OC1=O)C2(C)C. The van der Waals surface area contributed by atoms with Crippen LogP contribution in [0.3, 0.4) is 0 Å². The fourth-order valence-corrected chi connectivity index (χ4v) is 6.70. The first kappa shape index (κ1) is 26.6. The highest BCUT2D eigenvalue weighted by Gasteiger charge is 2.75. The van der Waals surface area contributed by atoms with Crippen LogP contribution in [0.5, 0.6) is 5.75 Å². The van der Waals surface area contributed by atoms with Gasteiger partial charge in [-0.1, -0.05) is 13.8 Å². The summed E-state index contributed by atoms with van der Waals surface area (Å²) in [7, 11) is 0. The maximum absolute atomic E-state index is 13.5. The number of esters is 1. The van der Waals surface area contributed by atoms with Crippen molar-refractivity contribution < 1.29 is 19.4 Å². The molecule has 2 atom stereocenters. The average molecular weight is 550 g/mol. The van der Waals surface area contributed by atoms with Gasteiger partial charge in [-0.2, -0.15) is 15.0 Å². The van der Waals surface area contributed by atoms with Gasteiger partial charge in [0.05, 0.1) is 11.1 Å². The van der Waals surface area contributed by atoms with Crippen molar-refractivity contribution >= 4 is 41.1 Å². The van der Waals surface area contributed by atoms with E-state index in [4.69, 9.17) is 19.7 Å². The van der Waals surface area contributed by atoms with Crippen LogP contribution in [0.1, 0.15) is 72.1 Å². The Balaban J connectivity index is 1.22. The molecule has 2 unspecified atom stereocenters. The Kier molecular flexibility index (Phi) is 6.50. The van der Waals surface area contributed by atoms with Crippen LogP contribution in [0.4, 0.5) is 29.2 Å². The lowest BCUT2D eigenvalue weighted by Crippen LogP contribution is -2.50. The number of ether oxygens (including phenoxy) is 1. The van der Waals surface area contributed by atoms with Gasteiger partial charge in [0, 0.05) is 43.3 Å². The van der Waals surface area contributed by atoms with E-state index in [9.17, 15) is 14.7 Å². The quantitative estimate of drug-likeness (QED) is 0.353. The maximum Gasteiger partial charge on any atom is 0.313 e. The fourth-order valence-electron chi connectivity index (χ4n) is 6.70. The molecule has 0 radical (unpaired) electrons. The minimum absolute atomic E-state index is 0.112. The van der Waals surface area contributed by atoms with Gasteiger partial charge >= 0.3 is 5.97 Å². The van der Waals surface area contributed by atoms with Gasteiger partial charge in [0.1, 0.15) is 5.75 Å². The van der Waals surface area contributed by atoms with Crippen LogP contribution in [0.25, 0.3) is 0 Å². The summed E-state index contributed by atoms with van der Waals surface area (Å²) in [5, 5.41) is 16.9. The van der Waals surface area contributed by atoms with Crippen LogP contribution in [-0.2, 0) is 14.3 Å². The smallest absolute Gasteiger partial charge is 0.313 e. The third-order valence-electron chi connectivity index (χ3n) is 9.84. The van der Waals surface area contributed by atoms with E-state index in [1.165, 1.54) is 18.9 Å². The number of aromatic hydroxyl groups is 1. The molecule has 6 rings (SSSR count). The molecule has 11 heteroatoms. The van der Waals surface area contributed by atoms with Crippen molar-refractivity contribution in [3.63, 3.8) is 0 Å². The lowest BCUT2D eigenvalue weighted by atomic mass is 9.66. The molecule has 2 bridgehead atoms. The van der Waals surface area contributed by atoms with Crippen molar-refractivity contribution in [2.24, 2.45) is 10.8 Å². The summed E-state index contributed by atoms with van der Waals surface area (Å²) in [4.78, 5) is 44.7. The largest absolute Gasteiger partial charge is 0.506 e. The number of amides is 1. The molecule has 214 valence electrons. The number of phenolic OH excluding ortho intramolecular Hbond substituents is 1. The molecular formula is C29H39N7O4. The molecule has 40 heavy (non-hydrogen) atoms. The van der Waals surface area contributed by atoms with E-state index in [0.29, 0.717) is 36.4 Å². The van der Waals surface area contributed by atoms with Gasteiger partial charge in [-0.25, -0.2) is 0 Å². The van der Waals surface area contributed by atoms with Crippen LogP contribution >= 0.6 is 0 Å². The number of nitrogens with zero attached hydrogens (tertiary/aromatic N) is 5. The Hall–Kier alpha value is -3.63. The van der Waals surface area contributed by atoms with Crippen molar-refractivity contribution in [2.75, 3.05) is 46.6 Å². The molecule has 3 aliphatic heterocycles. The molecule has 3 N–H and O–H groups in total. The fraction of sp³-hybridized carbons (Fsp3) is 0.621. The summed E-state index contributed by atoms with van der Waals surface area (Å²) in [6.45, 7) is 9.36. The van der Waals surface area contributed by atoms with E-state index in [1.54, 1.807) is 12.1 Å².